The van der Waals surface area contributed by atoms with Gasteiger partial charge in [0.25, 0.3) is 6.71 Å². The molecule has 1 aromatic heterocycles. The van der Waals surface area contributed by atoms with Crippen LogP contribution in [0, 0.1) is 0 Å². The lowest BCUT2D eigenvalue weighted by molar-refractivity contribution is 0.793. The van der Waals surface area contributed by atoms with Gasteiger partial charge in [0.2, 0.25) is 0 Å². The van der Waals surface area contributed by atoms with Gasteiger partial charge in [-0.15, -0.1) is 0 Å². The van der Waals surface area contributed by atoms with Crippen LogP contribution >= 0.6 is 0 Å². The number of fused-ring (bicyclic) bond motifs is 38. The summed E-state index contributed by atoms with van der Waals surface area (Å²) in [5.74, 6) is 0. The highest BCUT2D eigenvalue weighted by Crippen LogP contribution is 2.69. The van der Waals surface area contributed by atoms with Gasteiger partial charge >= 0.3 is 0 Å². The van der Waals surface area contributed by atoms with Crippen molar-refractivity contribution in [3.63, 3.8) is 0 Å². The van der Waals surface area contributed by atoms with E-state index in [1.807, 2.05) is 0 Å². The monoisotopic (exact) mass is 1380 g/mol. The first kappa shape index (κ1) is 58.5. The first-order valence-electron chi connectivity index (χ1n) is 38.4. The van der Waals surface area contributed by atoms with Crippen LogP contribution in [-0.2, 0) is 16.2 Å². The Morgan fingerprint density at radius 1 is 0.211 bits per heavy atom. The zero-order chi connectivity index (χ0) is 70.7. The topological polar surface area (TPSA) is 11.4 Å². The molecule has 0 N–H and O–H groups in total. The molecule has 2 aliphatic heterocycles. The minimum absolute atomic E-state index is 0.292. The summed E-state index contributed by atoms with van der Waals surface area (Å²) in [6, 6.07) is 146. The van der Waals surface area contributed by atoms with Crippen LogP contribution in [0.2, 0.25) is 0 Å². The summed E-state index contributed by atoms with van der Waals surface area (Å²) >= 11 is 0. The van der Waals surface area contributed by atoms with Crippen molar-refractivity contribution in [2.24, 2.45) is 0 Å². The van der Waals surface area contributed by atoms with E-state index >= 15 is 0 Å². The molecule has 3 heterocycles. The highest BCUT2D eigenvalue weighted by Gasteiger charge is 2.59. The Balaban J connectivity index is 0.842. The van der Waals surface area contributed by atoms with E-state index in [1.165, 1.54) is 183 Å². The molecule has 4 heteroatoms. The van der Waals surface area contributed by atoms with Crippen LogP contribution in [0.4, 0.5) is 34.1 Å². The van der Waals surface area contributed by atoms with Gasteiger partial charge in [-0.05, 0) is 210 Å². The third-order valence-electron chi connectivity index (χ3n) is 26.6. The first-order chi connectivity index (χ1) is 54.1. The van der Waals surface area contributed by atoms with Crippen molar-refractivity contribution in [3.05, 3.63) is 443 Å². The molecule has 0 radical (unpaired) electrons. The Labute approximate surface area is 631 Å². The van der Waals surface area contributed by atoms with Gasteiger partial charge in [0.1, 0.15) is 0 Å². The summed E-state index contributed by atoms with van der Waals surface area (Å²) in [4.78, 5) is 5.48. The molecule has 26 rings (SSSR count). The van der Waals surface area contributed by atoms with Crippen molar-refractivity contribution in [1.82, 2.24) is 4.57 Å². The molecule has 6 aliphatic carbocycles. The number of nitrogens with zero attached hydrogens (tertiary/aromatic N) is 3. The van der Waals surface area contributed by atoms with Crippen molar-refractivity contribution in [2.45, 2.75) is 16.2 Å². The molecule has 0 amide bonds. The van der Waals surface area contributed by atoms with E-state index in [-0.39, 0.29) is 6.71 Å². The summed E-state index contributed by atoms with van der Waals surface area (Å²) in [6.07, 6.45) is 0. The zero-order valence-electron chi connectivity index (χ0n) is 59.2. The summed E-state index contributed by atoms with van der Waals surface area (Å²) in [5.41, 5.74) is 45.9. The van der Waals surface area contributed by atoms with Crippen molar-refractivity contribution >= 4 is 79.0 Å². The lowest BCUT2D eigenvalue weighted by atomic mass is 9.33. The third-order valence-corrected chi connectivity index (χ3v) is 26.6. The van der Waals surface area contributed by atoms with Crippen LogP contribution in [0.3, 0.4) is 0 Å². The molecule has 3 nitrogen and oxygen atoms in total. The highest BCUT2D eigenvalue weighted by molar-refractivity contribution is 7.00. The molecule has 17 aromatic carbocycles. The number of benzene rings is 17. The normalized spacial score (nSPS) is 15.0. The molecule has 0 unspecified atom stereocenters. The standard InChI is InChI=1S/C105H62BN3/c1-2-26-63(27-3-1)64-50-52-65(53-51-64)109-99-60-67(108-95-48-24-13-37-77(95)78-38-14-25-49-96(78)108)59-98-101(99)106(93-57-55-79-74-34-10-23-47-90(74)105(100(79)102(93)109)88-45-21-8-32-72(88)73-33-9-22-46-89(73)105)94-62-92-81(76-36-12-20-44-87(76)104(92)84-41-17-6-30-70(84)71-31-7-18-42-85(71)104)61-97(94)107(98)66-54-56-91-80(58-66)75-35-11-19-43-86(75)103(91)82-39-15-4-28-68(82)69-29-5-16-40-83(69)103/h1-62H. The second-order valence-electron chi connectivity index (χ2n) is 31.1. The average Bonchev–Trinajstić information content (AvgIpc) is 1.54. The fourth-order valence-corrected chi connectivity index (χ4v) is 22.8. The number of rotatable bonds is 4. The van der Waals surface area contributed by atoms with Crippen LogP contribution < -0.4 is 26.2 Å². The van der Waals surface area contributed by atoms with Gasteiger partial charge in [0, 0.05) is 50.5 Å². The molecule has 8 aliphatic rings. The van der Waals surface area contributed by atoms with E-state index in [1.54, 1.807) is 0 Å². The van der Waals surface area contributed by atoms with Crippen molar-refractivity contribution in [3.8, 4) is 83.6 Å². The third kappa shape index (κ3) is 6.96. The minimum Gasteiger partial charge on any atom is -0.311 e. The highest BCUT2D eigenvalue weighted by atomic mass is 15.2. The second kappa shape index (κ2) is 20.8. The molecule has 3 spiro atoms. The van der Waals surface area contributed by atoms with Crippen LogP contribution in [0.15, 0.2) is 376 Å². The molecule has 0 bridgehead atoms. The maximum atomic E-state index is 2.75. The number of anilines is 6. The smallest absolute Gasteiger partial charge is 0.252 e. The largest absolute Gasteiger partial charge is 0.311 e. The van der Waals surface area contributed by atoms with Gasteiger partial charge in [-0.2, -0.15) is 0 Å². The first-order valence-corrected chi connectivity index (χ1v) is 38.4. The molecule has 109 heavy (non-hydrogen) atoms. The van der Waals surface area contributed by atoms with Crippen molar-refractivity contribution in [1.29, 1.82) is 0 Å². The molecular weight excluding hydrogens is 1310 g/mol. The van der Waals surface area contributed by atoms with Gasteiger partial charge < -0.3 is 14.4 Å². The number of hydrogen-bond donors (Lipinski definition) is 0. The van der Waals surface area contributed by atoms with Crippen LogP contribution in [0.1, 0.15) is 66.8 Å². The molecular formula is C105H62BN3. The zero-order valence-corrected chi connectivity index (χ0v) is 59.2. The lowest BCUT2D eigenvalue weighted by Gasteiger charge is -2.47. The molecule has 0 saturated carbocycles. The van der Waals surface area contributed by atoms with Crippen molar-refractivity contribution in [2.75, 3.05) is 9.80 Å². The van der Waals surface area contributed by atoms with Crippen LogP contribution in [-0.4, -0.2) is 11.3 Å². The summed E-state index contributed by atoms with van der Waals surface area (Å²) in [5, 5.41) is 2.44. The maximum Gasteiger partial charge on any atom is 0.252 e. The van der Waals surface area contributed by atoms with Gasteiger partial charge in [-0.3, -0.25) is 0 Å². The SMILES string of the molecule is c1ccc(-c2ccc(N3c4cc(-n5c6ccccc6c6ccccc65)cc5c4B(c4cc6c(cc4N5c4ccc5c(c4)-c4ccccc4C54c5ccccc5-c5ccccc54)-c4ccccc4C64c5ccccc5-c5ccccc54)c4ccc5c(c43)C3(c4ccccc4-c4ccccc43)c3ccccc3-5)cc2)cc1. The van der Waals surface area contributed by atoms with Crippen molar-refractivity contribution < 1.29 is 0 Å². The van der Waals surface area contributed by atoms with Gasteiger partial charge in [-0.25, -0.2) is 0 Å². The quantitative estimate of drug-likeness (QED) is 0.163. The van der Waals surface area contributed by atoms with Gasteiger partial charge in [-0.1, -0.05) is 322 Å². The Hall–Kier alpha value is -13.8. The number of hydrogen-bond acceptors (Lipinski definition) is 2. The predicted octanol–water partition coefficient (Wildman–Crippen LogP) is 23.6. The van der Waals surface area contributed by atoms with E-state index in [2.05, 4.69) is 390 Å². The number of aromatic nitrogens is 1. The Kier molecular flexibility index (Phi) is 11.2. The molecule has 0 atom stereocenters. The summed E-state index contributed by atoms with van der Waals surface area (Å²) in [7, 11) is 0. The maximum absolute atomic E-state index is 2.75. The Bertz CT molecular complexity index is 6950. The molecule has 500 valence electrons. The van der Waals surface area contributed by atoms with Crippen LogP contribution in [0.5, 0.6) is 0 Å². The van der Waals surface area contributed by atoms with Gasteiger partial charge in [0.05, 0.1) is 33.0 Å². The minimum atomic E-state index is -0.708. The molecule has 0 saturated heterocycles. The fraction of sp³-hybridized carbons (Fsp3) is 0.0286. The summed E-state index contributed by atoms with van der Waals surface area (Å²) < 4.78 is 2.57. The van der Waals surface area contributed by atoms with E-state index in [0.717, 1.165) is 39.5 Å². The van der Waals surface area contributed by atoms with E-state index in [0.29, 0.717) is 0 Å². The predicted molar refractivity (Wildman–Crippen MR) is 449 cm³/mol. The van der Waals surface area contributed by atoms with E-state index in [9.17, 15) is 0 Å². The van der Waals surface area contributed by atoms with Crippen LogP contribution in [0.25, 0.3) is 105 Å². The summed E-state index contributed by atoms with van der Waals surface area (Å²) in [6.45, 7) is -0.292. The van der Waals surface area contributed by atoms with Gasteiger partial charge in [0.15, 0.2) is 0 Å². The Morgan fingerprint density at radius 3 is 1.06 bits per heavy atom. The fourth-order valence-electron chi connectivity index (χ4n) is 22.8. The molecule has 18 aromatic rings. The van der Waals surface area contributed by atoms with E-state index < -0.39 is 16.2 Å². The Morgan fingerprint density at radius 2 is 0.578 bits per heavy atom. The molecule has 0 fully saturated rings. The average molecular weight is 1380 g/mol. The van der Waals surface area contributed by atoms with E-state index in [4.69, 9.17) is 0 Å². The lowest BCUT2D eigenvalue weighted by Crippen LogP contribution is -2.62. The number of para-hydroxylation sites is 2. The second-order valence-corrected chi connectivity index (χ2v) is 31.1.